The largest absolute Gasteiger partial charge is 0.464 e. The van der Waals surface area contributed by atoms with Crippen LogP contribution in [0.4, 0.5) is 0 Å². The number of rotatable bonds is 2. The number of esters is 1. The number of carbonyl (C=O) groups is 1. The third-order valence-electron chi connectivity index (χ3n) is 2.21. The number of hydrogen-bond donors (Lipinski definition) is 1. The summed E-state index contributed by atoms with van der Waals surface area (Å²) in [6.07, 6.45) is 2.99. The molecule has 2 heterocycles. The summed E-state index contributed by atoms with van der Waals surface area (Å²) in [5, 5.41) is 15.3. The smallest absolute Gasteiger partial charge is 0.356 e. The van der Waals surface area contributed by atoms with Crippen LogP contribution in [0, 0.1) is 11.3 Å². The first kappa shape index (κ1) is 10.8. The van der Waals surface area contributed by atoms with Gasteiger partial charge in [0.15, 0.2) is 5.69 Å². The number of carbonyl (C=O) groups excluding carboxylic acids is 1. The zero-order valence-electron chi connectivity index (χ0n) is 8.97. The van der Waals surface area contributed by atoms with Gasteiger partial charge in [0.05, 0.1) is 30.1 Å². The molecule has 0 fully saturated rings. The Labute approximate surface area is 96.9 Å². The molecule has 0 bridgehead atoms. The number of pyridine rings is 1. The third-order valence-corrected chi connectivity index (χ3v) is 2.21. The Hall–Kier alpha value is -2.68. The Morgan fingerprint density at radius 2 is 2.41 bits per heavy atom. The first-order valence-corrected chi connectivity index (χ1v) is 4.75. The third kappa shape index (κ3) is 1.86. The molecular formula is C11H8N4O2. The molecule has 6 nitrogen and oxygen atoms in total. The Bertz CT molecular complexity index is 598. The number of H-pyrrole nitrogens is 1. The van der Waals surface area contributed by atoms with Crippen LogP contribution < -0.4 is 0 Å². The van der Waals surface area contributed by atoms with Crippen molar-refractivity contribution in [1.29, 1.82) is 5.26 Å². The predicted molar refractivity (Wildman–Crippen MR) is 57.9 cm³/mol. The topological polar surface area (TPSA) is 91.7 Å². The monoisotopic (exact) mass is 228 g/mol. The van der Waals surface area contributed by atoms with Crippen LogP contribution in [0.2, 0.25) is 0 Å². The molecule has 0 aliphatic rings. The van der Waals surface area contributed by atoms with E-state index < -0.39 is 5.97 Å². The lowest BCUT2D eigenvalue weighted by molar-refractivity contribution is 0.0595. The van der Waals surface area contributed by atoms with Crippen LogP contribution in [0.5, 0.6) is 0 Å². The highest BCUT2D eigenvalue weighted by Gasteiger charge is 2.18. The molecule has 17 heavy (non-hydrogen) atoms. The highest BCUT2D eigenvalue weighted by atomic mass is 16.5. The molecule has 0 saturated heterocycles. The maximum absolute atomic E-state index is 11.5. The Morgan fingerprint density at radius 3 is 3.12 bits per heavy atom. The lowest BCUT2D eigenvalue weighted by atomic mass is 10.1. The van der Waals surface area contributed by atoms with Crippen molar-refractivity contribution >= 4 is 5.97 Å². The fraction of sp³-hybridized carbons (Fsp3) is 0.0909. The summed E-state index contributed by atoms with van der Waals surface area (Å²) in [6, 6.07) is 5.29. The Balaban J connectivity index is 2.58. The lowest BCUT2D eigenvalue weighted by Crippen LogP contribution is -2.04. The number of ether oxygens (including phenoxy) is 1. The van der Waals surface area contributed by atoms with Crippen LogP contribution in [0.15, 0.2) is 24.5 Å². The summed E-state index contributed by atoms with van der Waals surface area (Å²) >= 11 is 0. The minimum atomic E-state index is -0.549. The molecule has 0 amide bonds. The number of methoxy groups -OCH3 is 1. The average molecular weight is 228 g/mol. The van der Waals surface area contributed by atoms with Crippen LogP contribution in [-0.2, 0) is 4.74 Å². The van der Waals surface area contributed by atoms with E-state index in [2.05, 4.69) is 19.9 Å². The van der Waals surface area contributed by atoms with Crippen molar-refractivity contribution < 1.29 is 9.53 Å². The summed E-state index contributed by atoms with van der Waals surface area (Å²) in [4.78, 5) is 15.5. The fourth-order valence-corrected chi connectivity index (χ4v) is 1.43. The van der Waals surface area contributed by atoms with Crippen molar-refractivity contribution in [3.63, 3.8) is 0 Å². The van der Waals surface area contributed by atoms with Crippen LogP contribution in [-0.4, -0.2) is 28.3 Å². The van der Waals surface area contributed by atoms with E-state index in [1.165, 1.54) is 13.3 Å². The lowest BCUT2D eigenvalue weighted by Gasteiger charge is -2.02. The van der Waals surface area contributed by atoms with Crippen molar-refractivity contribution in [3.8, 4) is 17.3 Å². The quantitative estimate of drug-likeness (QED) is 0.778. The Kier molecular flexibility index (Phi) is 2.83. The molecule has 0 radical (unpaired) electrons. The summed E-state index contributed by atoms with van der Waals surface area (Å²) < 4.78 is 4.61. The second-order valence-electron chi connectivity index (χ2n) is 3.16. The first-order valence-electron chi connectivity index (χ1n) is 4.75. The minimum Gasteiger partial charge on any atom is -0.464 e. The van der Waals surface area contributed by atoms with E-state index in [0.29, 0.717) is 16.8 Å². The van der Waals surface area contributed by atoms with Crippen LogP contribution in [0.3, 0.4) is 0 Å². The second-order valence-corrected chi connectivity index (χ2v) is 3.16. The van der Waals surface area contributed by atoms with Crippen molar-refractivity contribution in [3.05, 3.63) is 35.8 Å². The van der Waals surface area contributed by atoms with E-state index in [-0.39, 0.29) is 5.69 Å². The Morgan fingerprint density at radius 1 is 1.59 bits per heavy atom. The highest BCUT2D eigenvalue weighted by Crippen LogP contribution is 2.23. The molecule has 84 valence electrons. The van der Waals surface area contributed by atoms with Crippen molar-refractivity contribution in [2.24, 2.45) is 0 Å². The zero-order valence-corrected chi connectivity index (χ0v) is 8.97. The SMILES string of the molecule is COC(=O)c1[nH]ncc1-c1ncccc1C#N. The molecule has 0 saturated carbocycles. The molecule has 0 spiro atoms. The van der Waals surface area contributed by atoms with Gasteiger partial charge in [-0.15, -0.1) is 0 Å². The molecule has 6 heteroatoms. The van der Waals surface area contributed by atoms with Gasteiger partial charge in [-0.2, -0.15) is 10.4 Å². The van der Waals surface area contributed by atoms with Gasteiger partial charge in [-0.25, -0.2) is 4.79 Å². The number of nitrogens with zero attached hydrogens (tertiary/aromatic N) is 3. The van der Waals surface area contributed by atoms with Gasteiger partial charge in [-0.05, 0) is 12.1 Å². The number of hydrogen-bond acceptors (Lipinski definition) is 5. The van der Waals surface area contributed by atoms with Gasteiger partial charge in [-0.1, -0.05) is 0 Å². The number of nitrogens with one attached hydrogen (secondary N) is 1. The standard InChI is InChI=1S/C11H8N4O2/c1-17-11(16)10-8(6-14-15-10)9-7(5-12)3-2-4-13-9/h2-4,6H,1H3,(H,14,15). The van der Waals surface area contributed by atoms with Gasteiger partial charge < -0.3 is 4.74 Å². The van der Waals surface area contributed by atoms with Gasteiger partial charge in [0.25, 0.3) is 0 Å². The van der Waals surface area contributed by atoms with Crippen molar-refractivity contribution in [1.82, 2.24) is 15.2 Å². The van der Waals surface area contributed by atoms with Crippen LogP contribution >= 0.6 is 0 Å². The normalized spacial score (nSPS) is 9.65. The molecule has 0 unspecified atom stereocenters. The summed E-state index contributed by atoms with van der Waals surface area (Å²) in [5.74, 6) is -0.549. The van der Waals surface area contributed by atoms with E-state index in [0.717, 1.165) is 0 Å². The average Bonchev–Trinajstić information content (AvgIpc) is 2.86. The maximum Gasteiger partial charge on any atom is 0.356 e. The van der Waals surface area contributed by atoms with E-state index in [4.69, 9.17) is 5.26 Å². The second kappa shape index (κ2) is 4.45. The van der Waals surface area contributed by atoms with Gasteiger partial charge in [0.2, 0.25) is 0 Å². The first-order chi connectivity index (χ1) is 8.27. The molecule has 1 N–H and O–H groups in total. The van der Waals surface area contributed by atoms with E-state index in [9.17, 15) is 4.79 Å². The van der Waals surface area contributed by atoms with Gasteiger partial charge in [0, 0.05) is 6.20 Å². The van der Waals surface area contributed by atoms with E-state index in [1.54, 1.807) is 18.3 Å². The minimum absolute atomic E-state index is 0.183. The molecule has 0 aliphatic heterocycles. The van der Waals surface area contributed by atoms with E-state index in [1.807, 2.05) is 6.07 Å². The van der Waals surface area contributed by atoms with Crippen LogP contribution in [0.25, 0.3) is 11.3 Å². The molecular weight excluding hydrogens is 220 g/mol. The van der Waals surface area contributed by atoms with Crippen molar-refractivity contribution in [2.45, 2.75) is 0 Å². The summed E-state index contributed by atoms with van der Waals surface area (Å²) in [6.45, 7) is 0. The number of aromatic nitrogens is 3. The highest BCUT2D eigenvalue weighted by molar-refractivity contribution is 5.95. The number of aromatic amines is 1. The van der Waals surface area contributed by atoms with Gasteiger partial charge >= 0.3 is 5.97 Å². The molecule has 0 aromatic carbocycles. The van der Waals surface area contributed by atoms with Gasteiger partial charge in [0.1, 0.15) is 6.07 Å². The molecule has 2 aromatic heterocycles. The molecule has 0 aliphatic carbocycles. The summed E-state index contributed by atoms with van der Waals surface area (Å²) in [5.41, 5.74) is 1.42. The molecule has 2 rings (SSSR count). The van der Waals surface area contributed by atoms with E-state index >= 15 is 0 Å². The fourth-order valence-electron chi connectivity index (χ4n) is 1.43. The molecule has 0 atom stereocenters. The molecule has 2 aromatic rings. The van der Waals surface area contributed by atoms with Crippen molar-refractivity contribution in [2.75, 3.05) is 7.11 Å². The van der Waals surface area contributed by atoms with Crippen LogP contribution in [0.1, 0.15) is 16.1 Å². The summed E-state index contributed by atoms with van der Waals surface area (Å²) in [7, 11) is 1.27. The maximum atomic E-state index is 11.5. The zero-order chi connectivity index (χ0) is 12.3. The number of nitriles is 1. The van der Waals surface area contributed by atoms with Gasteiger partial charge in [-0.3, -0.25) is 10.1 Å². The predicted octanol–water partition coefficient (Wildman–Crippen LogP) is 1.13.